The Morgan fingerprint density at radius 2 is 2.15 bits per heavy atom. The van der Waals surface area contributed by atoms with Crippen LogP contribution in [0.5, 0.6) is 0 Å². The van der Waals surface area contributed by atoms with Gasteiger partial charge in [-0.1, -0.05) is 6.07 Å². The molecule has 0 radical (unpaired) electrons. The summed E-state index contributed by atoms with van der Waals surface area (Å²) < 4.78 is 0. The van der Waals surface area contributed by atoms with E-state index in [1.165, 1.54) is 0 Å². The number of fused-ring (bicyclic) bond motifs is 1. The van der Waals surface area contributed by atoms with Crippen LogP contribution in [0.2, 0.25) is 0 Å². The van der Waals surface area contributed by atoms with Crippen molar-refractivity contribution in [2.75, 3.05) is 0 Å². The summed E-state index contributed by atoms with van der Waals surface area (Å²) in [5.74, 6) is -0.176. The number of nitrogens with one attached hydrogen (secondary N) is 2. The third-order valence-corrected chi connectivity index (χ3v) is 3.11. The molecule has 0 spiro atoms. The molecular formula is C14H13N5O. The molecule has 0 aliphatic heterocycles. The number of H-pyrrole nitrogens is 1. The van der Waals surface area contributed by atoms with Crippen molar-refractivity contribution >= 4 is 16.9 Å². The van der Waals surface area contributed by atoms with Gasteiger partial charge in [0.25, 0.3) is 5.91 Å². The van der Waals surface area contributed by atoms with Crippen LogP contribution in [-0.2, 0) is 0 Å². The molecule has 0 bridgehead atoms. The van der Waals surface area contributed by atoms with Crippen molar-refractivity contribution in [3.8, 4) is 0 Å². The van der Waals surface area contributed by atoms with E-state index in [4.69, 9.17) is 0 Å². The number of carbonyl (C=O) groups is 1. The zero-order chi connectivity index (χ0) is 13.9. The number of benzene rings is 1. The number of aromatic nitrogens is 4. The van der Waals surface area contributed by atoms with Crippen LogP contribution >= 0.6 is 0 Å². The minimum absolute atomic E-state index is 0.131. The van der Waals surface area contributed by atoms with Crippen LogP contribution in [0.25, 0.3) is 11.0 Å². The maximum atomic E-state index is 12.4. The summed E-state index contributed by atoms with van der Waals surface area (Å²) in [5, 5.41) is 9.53. The second-order valence-corrected chi connectivity index (χ2v) is 4.46. The van der Waals surface area contributed by atoms with E-state index in [-0.39, 0.29) is 11.9 Å². The molecule has 0 saturated carbocycles. The number of hydrogen-bond donors (Lipinski definition) is 2. The van der Waals surface area contributed by atoms with Crippen molar-refractivity contribution in [2.45, 2.75) is 13.0 Å². The van der Waals surface area contributed by atoms with Gasteiger partial charge in [-0.2, -0.15) is 5.10 Å². The number of nitrogens with zero attached hydrogens (tertiary/aromatic N) is 3. The SMILES string of the molecule is CC(NC(=O)c1cccc2nccnc12)c1cn[nH]c1. The zero-order valence-corrected chi connectivity index (χ0v) is 10.9. The van der Waals surface area contributed by atoms with Gasteiger partial charge in [0, 0.05) is 24.2 Å². The van der Waals surface area contributed by atoms with Gasteiger partial charge in [-0.15, -0.1) is 0 Å². The number of carbonyl (C=O) groups excluding carboxylic acids is 1. The molecule has 6 nitrogen and oxygen atoms in total. The van der Waals surface area contributed by atoms with Crippen molar-refractivity contribution in [1.29, 1.82) is 0 Å². The highest BCUT2D eigenvalue weighted by atomic mass is 16.1. The second-order valence-electron chi connectivity index (χ2n) is 4.46. The van der Waals surface area contributed by atoms with E-state index in [1.807, 2.05) is 13.0 Å². The van der Waals surface area contributed by atoms with E-state index < -0.39 is 0 Å². The van der Waals surface area contributed by atoms with Gasteiger partial charge >= 0.3 is 0 Å². The molecule has 0 aliphatic carbocycles. The first-order chi connectivity index (χ1) is 9.75. The average Bonchev–Trinajstić information content (AvgIpc) is 3.01. The van der Waals surface area contributed by atoms with Gasteiger partial charge in [0.05, 0.1) is 23.3 Å². The molecule has 3 rings (SSSR count). The third kappa shape index (κ3) is 2.23. The molecule has 0 aliphatic rings. The highest BCUT2D eigenvalue weighted by Crippen LogP contribution is 2.16. The molecule has 1 aromatic carbocycles. The fraction of sp³-hybridized carbons (Fsp3) is 0.143. The number of aromatic amines is 1. The molecule has 2 N–H and O–H groups in total. The van der Waals surface area contributed by atoms with E-state index >= 15 is 0 Å². The molecule has 20 heavy (non-hydrogen) atoms. The van der Waals surface area contributed by atoms with Crippen molar-refractivity contribution in [3.63, 3.8) is 0 Å². The lowest BCUT2D eigenvalue weighted by atomic mass is 10.1. The standard InChI is InChI=1S/C14H13N5O/c1-9(10-7-17-18-8-10)19-14(20)11-3-2-4-12-13(11)16-6-5-15-12/h2-9H,1H3,(H,17,18)(H,19,20). The zero-order valence-electron chi connectivity index (χ0n) is 10.9. The lowest BCUT2D eigenvalue weighted by molar-refractivity contribution is 0.0941. The summed E-state index contributed by atoms with van der Waals surface area (Å²) in [7, 11) is 0. The van der Waals surface area contributed by atoms with Crippen LogP contribution < -0.4 is 5.32 Å². The Kier molecular flexibility index (Phi) is 3.12. The van der Waals surface area contributed by atoms with Gasteiger partial charge in [0.2, 0.25) is 0 Å². The lowest BCUT2D eigenvalue weighted by Gasteiger charge is -2.12. The summed E-state index contributed by atoms with van der Waals surface area (Å²) >= 11 is 0. The Morgan fingerprint density at radius 3 is 2.95 bits per heavy atom. The molecule has 1 atom stereocenters. The highest BCUT2D eigenvalue weighted by molar-refractivity contribution is 6.04. The Labute approximate surface area is 115 Å². The monoisotopic (exact) mass is 267 g/mol. The smallest absolute Gasteiger partial charge is 0.254 e. The van der Waals surface area contributed by atoms with Crippen LogP contribution in [-0.4, -0.2) is 26.1 Å². The van der Waals surface area contributed by atoms with E-state index in [1.54, 1.807) is 36.9 Å². The second kappa shape index (κ2) is 5.08. The normalized spacial score (nSPS) is 12.2. The summed E-state index contributed by atoms with van der Waals surface area (Å²) in [6, 6.07) is 5.25. The van der Waals surface area contributed by atoms with Crippen molar-refractivity contribution in [2.24, 2.45) is 0 Å². The lowest BCUT2D eigenvalue weighted by Crippen LogP contribution is -2.26. The molecule has 2 aromatic heterocycles. The number of hydrogen-bond acceptors (Lipinski definition) is 4. The van der Waals surface area contributed by atoms with Gasteiger partial charge in [-0.3, -0.25) is 19.9 Å². The van der Waals surface area contributed by atoms with Crippen LogP contribution in [0.1, 0.15) is 28.9 Å². The number of rotatable bonds is 3. The molecule has 3 aromatic rings. The predicted octanol–water partition coefficient (Wildman–Crippen LogP) is 1.84. The maximum absolute atomic E-state index is 12.4. The van der Waals surface area contributed by atoms with E-state index in [0.717, 1.165) is 5.56 Å². The van der Waals surface area contributed by atoms with Crippen molar-refractivity contribution < 1.29 is 4.79 Å². The van der Waals surface area contributed by atoms with Gasteiger partial charge < -0.3 is 5.32 Å². The quantitative estimate of drug-likeness (QED) is 0.758. The first kappa shape index (κ1) is 12.3. The van der Waals surface area contributed by atoms with Crippen LogP contribution in [0.4, 0.5) is 0 Å². The van der Waals surface area contributed by atoms with Gasteiger partial charge in [0.1, 0.15) is 5.52 Å². The van der Waals surface area contributed by atoms with Gasteiger partial charge in [0.15, 0.2) is 0 Å². The fourth-order valence-corrected chi connectivity index (χ4v) is 2.03. The van der Waals surface area contributed by atoms with Gasteiger partial charge in [-0.25, -0.2) is 0 Å². The molecule has 1 unspecified atom stereocenters. The largest absolute Gasteiger partial charge is 0.345 e. The maximum Gasteiger partial charge on any atom is 0.254 e. The molecule has 2 heterocycles. The summed E-state index contributed by atoms with van der Waals surface area (Å²) in [5.41, 5.74) is 2.75. The topological polar surface area (TPSA) is 83.6 Å². The van der Waals surface area contributed by atoms with E-state index in [2.05, 4.69) is 25.5 Å². The Morgan fingerprint density at radius 1 is 1.30 bits per heavy atom. The average molecular weight is 267 g/mol. The summed E-state index contributed by atoms with van der Waals surface area (Å²) in [4.78, 5) is 20.8. The predicted molar refractivity (Wildman–Crippen MR) is 74.0 cm³/mol. The molecular weight excluding hydrogens is 254 g/mol. The van der Waals surface area contributed by atoms with Crippen LogP contribution in [0, 0.1) is 0 Å². The molecule has 1 amide bonds. The van der Waals surface area contributed by atoms with Crippen molar-refractivity contribution in [3.05, 3.63) is 54.1 Å². The van der Waals surface area contributed by atoms with Crippen LogP contribution in [0.3, 0.4) is 0 Å². The van der Waals surface area contributed by atoms with Gasteiger partial charge in [-0.05, 0) is 19.1 Å². The molecule has 0 fully saturated rings. The third-order valence-electron chi connectivity index (χ3n) is 3.11. The molecule has 0 saturated heterocycles. The van der Waals surface area contributed by atoms with Crippen molar-refractivity contribution in [1.82, 2.24) is 25.5 Å². The first-order valence-electron chi connectivity index (χ1n) is 6.25. The number of para-hydroxylation sites is 1. The Hall–Kier alpha value is -2.76. The minimum Gasteiger partial charge on any atom is -0.345 e. The fourth-order valence-electron chi connectivity index (χ4n) is 2.03. The Balaban J connectivity index is 1.89. The summed E-state index contributed by atoms with van der Waals surface area (Å²) in [6.45, 7) is 1.90. The molecule has 100 valence electrons. The van der Waals surface area contributed by atoms with E-state index in [9.17, 15) is 4.79 Å². The van der Waals surface area contributed by atoms with Crippen LogP contribution in [0.15, 0.2) is 43.0 Å². The highest BCUT2D eigenvalue weighted by Gasteiger charge is 2.15. The first-order valence-corrected chi connectivity index (χ1v) is 6.25. The Bertz CT molecular complexity index is 733. The molecule has 6 heteroatoms. The summed E-state index contributed by atoms with van der Waals surface area (Å²) in [6.07, 6.45) is 6.64. The number of amides is 1. The van der Waals surface area contributed by atoms with E-state index in [0.29, 0.717) is 16.6 Å². The minimum atomic E-state index is -0.176.